The monoisotopic (exact) mass is 416 g/mol. The lowest BCUT2D eigenvalue weighted by atomic mass is 10.1. The predicted molar refractivity (Wildman–Crippen MR) is 131 cm³/mol. The molecule has 0 aliphatic rings. The Morgan fingerprint density at radius 3 is 2.17 bits per heavy atom. The fourth-order valence-corrected chi connectivity index (χ4v) is 3.29. The van der Waals surface area contributed by atoms with Crippen LogP contribution in [0.25, 0.3) is 0 Å². The van der Waals surface area contributed by atoms with Crippen molar-refractivity contribution in [2.24, 2.45) is 5.10 Å². The Balaban J connectivity index is 1.45. The Bertz CT molecular complexity index is 924. The van der Waals surface area contributed by atoms with E-state index in [1.54, 1.807) is 6.21 Å². The molecule has 3 aromatic rings. The van der Waals surface area contributed by atoms with E-state index >= 15 is 0 Å². The first-order valence-electron chi connectivity index (χ1n) is 10.2. The lowest BCUT2D eigenvalue weighted by Gasteiger charge is -2.23. The van der Waals surface area contributed by atoms with E-state index in [0.29, 0.717) is 5.11 Å². The van der Waals surface area contributed by atoms with Crippen LogP contribution in [0.4, 0.5) is 5.69 Å². The van der Waals surface area contributed by atoms with Crippen LogP contribution >= 0.6 is 12.2 Å². The van der Waals surface area contributed by atoms with Crippen molar-refractivity contribution in [2.75, 3.05) is 18.0 Å². The average Bonchev–Trinajstić information content (AvgIpc) is 2.79. The van der Waals surface area contributed by atoms with Crippen molar-refractivity contribution in [2.45, 2.75) is 19.9 Å². The third-order valence-electron chi connectivity index (χ3n) is 4.78. The first-order valence-corrected chi connectivity index (χ1v) is 10.6. The number of thiocarbonyl (C=S) groups is 1. The topological polar surface area (TPSA) is 39.7 Å². The molecule has 3 aromatic carbocycles. The third-order valence-corrected chi connectivity index (χ3v) is 5.01. The van der Waals surface area contributed by atoms with Gasteiger partial charge in [0.2, 0.25) is 0 Å². The molecule has 0 aromatic heterocycles. The van der Waals surface area contributed by atoms with Crippen molar-refractivity contribution in [1.82, 2.24) is 10.7 Å². The van der Waals surface area contributed by atoms with Crippen LogP contribution in [0.5, 0.6) is 0 Å². The summed E-state index contributed by atoms with van der Waals surface area (Å²) in [5.41, 5.74) is 7.69. The fourth-order valence-electron chi connectivity index (χ4n) is 3.13. The lowest BCUT2D eigenvalue weighted by molar-refractivity contribution is 0.832. The second-order valence-electron chi connectivity index (χ2n) is 6.95. The van der Waals surface area contributed by atoms with E-state index in [9.17, 15) is 0 Å². The van der Waals surface area contributed by atoms with Crippen LogP contribution in [-0.4, -0.2) is 24.4 Å². The van der Waals surface area contributed by atoms with E-state index in [-0.39, 0.29) is 0 Å². The van der Waals surface area contributed by atoms with E-state index in [0.717, 1.165) is 31.6 Å². The van der Waals surface area contributed by atoms with E-state index in [1.165, 1.54) is 16.8 Å². The zero-order valence-electron chi connectivity index (χ0n) is 17.3. The number of anilines is 1. The molecule has 0 aliphatic carbocycles. The second-order valence-corrected chi connectivity index (χ2v) is 7.36. The van der Waals surface area contributed by atoms with Gasteiger partial charge in [-0.3, -0.25) is 5.43 Å². The highest BCUT2D eigenvalue weighted by molar-refractivity contribution is 7.80. The normalized spacial score (nSPS) is 10.7. The molecule has 0 radical (unpaired) electrons. The average molecular weight is 417 g/mol. The second kappa shape index (κ2) is 11.7. The minimum absolute atomic E-state index is 0.527. The fraction of sp³-hybridized carbons (Fsp3) is 0.200. The van der Waals surface area contributed by atoms with Gasteiger partial charge in [-0.05, 0) is 54.4 Å². The summed E-state index contributed by atoms with van der Waals surface area (Å²) in [4.78, 5) is 2.35. The number of hydrogen-bond acceptors (Lipinski definition) is 3. The summed E-state index contributed by atoms with van der Waals surface area (Å²) in [6, 6.07) is 29.3. The molecule has 0 aliphatic heterocycles. The van der Waals surface area contributed by atoms with Crippen LogP contribution in [0, 0.1) is 0 Å². The van der Waals surface area contributed by atoms with Gasteiger partial charge in [-0.15, -0.1) is 0 Å². The zero-order chi connectivity index (χ0) is 21.0. The summed E-state index contributed by atoms with van der Waals surface area (Å²) < 4.78 is 0. The summed E-state index contributed by atoms with van der Waals surface area (Å²) in [6.07, 6.45) is 2.70. The molecule has 2 N–H and O–H groups in total. The van der Waals surface area contributed by atoms with Gasteiger partial charge in [0.15, 0.2) is 5.11 Å². The van der Waals surface area contributed by atoms with Crippen LogP contribution in [0.3, 0.4) is 0 Å². The van der Waals surface area contributed by atoms with E-state index < -0.39 is 0 Å². The molecule has 4 nitrogen and oxygen atoms in total. The Morgan fingerprint density at radius 1 is 0.900 bits per heavy atom. The van der Waals surface area contributed by atoms with Crippen molar-refractivity contribution >= 4 is 29.2 Å². The highest BCUT2D eigenvalue weighted by atomic mass is 32.1. The van der Waals surface area contributed by atoms with Crippen LogP contribution in [0.15, 0.2) is 90.0 Å². The summed E-state index contributed by atoms with van der Waals surface area (Å²) in [5.74, 6) is 0. The standard InChI is InChI=1S/C25H28N4S/c1-2-29(20-23-11-7-4-8-12-23)24-15-13-22(14-16-24)19-27-28-25(30)26-18-17-21-9-5-3-6-10-21/h3-16,19H,2,17-18,20H2,1H3,(H2,26,28,30)/b27-19-. The van der Waals surface area contributed by atoms with E-state index in [4.69, 9.17) is 12.2 Å². The molecular weight excluding hydrogens is 388 g/mol. The number of hydrogen-bond donors (Lipinski definition) is 2. The molecule has 30 heavy (non-hydrogen) atoms. The van der Waals surface area contributed by atoms with Crippen molar-refractivity contribution in [3.05, 3.63) is 102 Å². The van der Waals surface area contributed by atoms with Crippen molar-refractivity contribution in [1.29, 1.82) is 0 Å². The summed E-state index contributed by atoms with van der Waals surface area (Å²) >= 11 is 5.28. The molecule has 0 unspecified atom stereocenters. The Labute approximate surface area is 184 Å². The van der Waals surface area contributed by atoms with Crippen LogP contribution in [-0.2, 0) is 13.0 Å². The minimum atomic E-state index is 0.527. The minimum Gasteiger partial charge on any atom is -0.367 e. The maximum absolute atomic E-state index is 5.28. The van der Waals surface area contributed by atoms with Gasteiger partial charge in [0.1, 0.15) is 0 Å². The molecule has 0 heterocycles. The smallest absolute Gasteiger partial charge is 0.186 e. The SMILES string of the molecule is CCN(Cc1ccccc1)c1ccc(/C=N\NC(=S)NCCc2ccccc2)cc1. The highest BCUT2D eigenvalue weighted by Crippen LogP contribution is 2.17. The molecule has 0 fully saturated rings. The molecular formula is C25H28N4S. The van der Waals surface area contributed by atoms with Crippen molar-refractivity contribution in [3.63, 3.8) is 0 Å². The number of benzene rings is 3. The van der Waals surface area contributed by atoms with Gasteiger partial charge in [-0.1, -0.05) is 72.8 Å². The number of nitrogens with one attached hydrogen (secondary N) is 2. The number of hydrazone groups is 1. The first-order chi connectivity index (χ1) is 14.7. The summed E-state index contributed by atoms with van der Waals surface area (Å²) in [6.45, 7) is 4.80. The van der Waals surface area contributed by atoms with Gasteiger partial charge in [-0.2, -0.15) is 5.10 Å². The third kappa shape index (κ3) is 7.01. The van der Waals surface area contributed by atoms with Crippen LogP contribution < -0.4 is 15.6 Å². The largest absolute Gasteiger partial charge is 0.367 e. The number of nitrogens with zero attached hydrogens (tertiary/aromatic N) is 2. The predicted octanol–water partition coefficient (Wildman–Crippen LogP) is 4.75. The molecule has 5 heteroatoms. The molecule has 0 spiro atoms. The maximum Gasteiger partial charge on any atom is 0.186 e. The Kier molecular flexibility index (Phi) is 8.42. The zero-order valence-corrected chi connectivity index (χ0v) is 18.1. The highest BCUT2D eigenvalue weighted by Gasteiger charge is 2.05. The van der Waals surface area contributed by atoms with Gasteiger partial charge in [0.25, 0.3) is 0 Å². The van der Waals surface area contributed by atoms with Gasteiger partial charge in [-0.25, -0.2) is 0 Å². The summed E-state index contributed by atoms with van der Waals surface area (Å²) in [7, 11) is 0. The molecule has 0 saturated heterocycles. The van der Waals surface area contributed by atoms with Gasteiger partial charge >= 0.3 is 0 Å². The van der Waals surface area contributed by atoms with Gasteiger partial charge in [0.05, 0.1) is 6.21 Å². The van der Waals surface area contributed by atoms with Crippen molar-refractivity contribution in [3.8, 4) is 0 Å². The lowest BCUT2D eigenvalue weighted by Crippen LogP contribution is -2.33. The number of rotatable bonds is 9. The van der Waals surface area contributed by atoms with Gasteiger partial charge in [0, 0.05) is 25.3 Å². The van der Waals surface area contributed by atoms with Gasteiger partial charge < -0.3 is 10.2 Å². The summed E-state index contributed by atoms with van der Waals surface area (Å²) in [5, 5.41) is 7.94. The van der Waals surface area contributed by atoms with Crippen molar-refractivity contribution < 1.29 is 0 Å². The Hall–Kier alpha value is -3.18. The van der Waals surface area contributed by atoms with Crippen LogP contribution in [0.2, 0.25) is 0 Å². The molecule has 3 rings (SSSR count). The molecule has 0 saturated carbocycles. The van der Waals surface area contributed by atoms with E-state index in [2.05, 4.69) is 88.3 Å². The van der Waals surface area contributed by atoms with E-state index in [1.807, 2.05) is 24.3 Å². The van der Waals surface area contributed by atoms with Crippen LogP contribution in [0.1, 0.15) is 23.6 Å². The maximum atomic E-state index is 5.28. The molecule has 0 amide bonds. The molecule has 154 valence electrons. The Morgan fingerprint density at radius 2 is 1.53 bits per heavy atom. The first kappa shape index (κ1) is 21.5. The molecule has 0 atom stereocenters. The molecule has 0 bridgehead atoms. The quantitative estimate of drug-likeness (QED) is 0.300.